The summed E-state index contributed by atoms with van der Waals surface area (Å²) in [6.45, 7) is 1.49. The van der Waals surface area contributed by atoms with Crippen molar-refractivity contribution in [1.82, 2.24) is 4.98 Å². The summed E-state index contributed by atoms with van der Waals surface area (Å²) in [5, 5.41) is 2.81. The maximum atomic E-state index is 11.0. The van der Waals surface area contributed by atoms with Crippen molar-refractivity contribution in [2.75, 3.05) is 0 Å². The van der Waals surface area contributed by atoms with Gasteiger partial charge in [-0.1, -0.05) is 6.07 Å². The molecular weight excluding hydrogens is 297 g/mol. The van der Waals surface area contributed by atoms with Gasteiger partial charge in [0.2, 0.25) is 0 Å². The van der Waals surface area contributed by atoms with Gasteiger partial charge in [-0.15, -0.1) is 0 Å². The lowest BCUT2D eigenvalue weighted by Gasteiger charge is -1.93. The highest BCUT2D eigenvalue weighted by atomic mass is 127. The Morgan fingerprint density at radius 1 is 1.62 bits per heavy atom. The van der Waals surface area contributed by atoms with E-state index < -0.39 is 0 Å². The van der Waals surface area contributed by atoms with Gasteiger partial charge < -0.3 is 0 Å². The summed E-state index contributed by atoms with van der Waals surface area (Å²) in [5.74, 6) is 2.80. The lowest BCUT2D eigenvalue weighted by Crippen LogP contribution is -1.97. The number of Topliss-reactive ketones (excluding diaryl/α,β-unsaturated/α-hetero) is 1. The van der Waals surface area contributed by atoms with E-state index in [1.54, 1.807) is 18.2 Å². The quantitative estimate of drug-likeness (QED) is 0.454. The number of nitrogens with zero attached hydrogens (tertiary/aromatic N) is 1. The number of carbonyl (C=O) groups excluding carboxylic acids is 1. The topological polar surface area (TPSA) is 30.0 Å². The molecule has 0 unspecified atom stereocenters. The first kappa shape index (κ1) is 10.5. The molecule has 4 heteroatoms. The summed E-state index contributed by atoms with van der Waals surface area (Å²) in [7, 11) is 1.39. The van der Waals surface area contributed by atoms with Gasteiger partial charge in [0.25, 0.3) is 0 Å². The molecule has 0 radical (unpaired) electrons. The lowest BCUT2D eigenvalue weighted by atomic mass is 10.2. The first-order valence-corrected chi connectivity index (χ1v) is 6.86. The van der Waals surface area contributed by atoms with Crippen LogP contribution < -0.4 is 0 Å². The Bertz CT molecular complexity index is 381. The molecule has 0 aromatic carbocycles. The van der Waals surface area contributed by atoms with Crippen LogP contribution in [0, 0.1) is 11.2 Å². The second-order valence-corrected chi connectivity index (χ2v) is 3.95. The van der Waals surface area contributed by atoms with E-state index in [1.165, 1.54) is 15.9 Å². The van der Waals surface area contributed by atoms with Crippen molar-refractivity contribution >= 4 is 35.9 Å². The molecule has 0 bridgehead atoms. The molecule has 0 fully saturated rings. The van der Waals surface area contributed by atoms with Gasteiger partial charge in [0.05, 0.1) is 0 Å². The number of carbonyl (C=O) groups is 1. The molecule has 0 spiro atoms. The van der Waals surface area contributed by atoms with Crippen LogP contribution in [0.5, 0.6) is 0 Å². The first-order chi connectivity index (χ1) is 6.24. The van der Waals surface area contributed by atoms with Crippen molar-refractivity contribution in [2.24, 2.45) is 0 Å². The average molecular weight is 303 g/mol. The summed E-state index contributed by atoms with van der Waals surface area (Å²) >= 11 is 2.08. The normalized spacial score (nSPS) is 8.77. The zero-order valence-electron chi connectivity index (χ0n) is 6.87. The smallest absolute Gasteiger partial charge is 0.178 e. The maximum absolute atomic E-state index is 11.0. The molecule has 0 aliphatic heterocycles. The molecule has 0 amide bonds. The maximum Gasteiger partial charge on any atom is 0.178 e. The Labute approximate surface area is 93.1 Å². The van der Waals surface area contributed by atoms with E-state index in [1.807, 2.05) is 0 Å². The Hall–Kier alpha value is -0.540. The number of pyridine rings is 1. The third-order valence-corrected chi connectivity index (χ3v) is 2.17. The van der Waals surface area contributed by atoms with Gasteiger partial charge in [-0.25, -0.2) is 4.98 Å². The second-order valence-electron chi connectivity index (χ2n) is 2.27. The number of rotatable bonds is 1. The van der Waals surface area contributed by atoms with Gasteiger partial charge in [-0.3, -0.25) is 4.79 Å². The minimum atomic E-state index is -0.0363. The molecule has 1 heterocycles. The van der Waals surface area contributed by atoms with E-state index in [9.17, 15) is 4.79 Å². The number of aromatic nitrogens is 1. The SMILES string of the molecule is CC(=O)c1cccc(C#CSI)n1. The zero-order chi connectivity index (χ0) is 9.68. The Morgan fingerprint density at radius 3 is 3.00 bits per heavy atom. The van der Waals surface area contributed by atoms with Gasteiger partial charge in [0.1, 0.15) is 11.4 Å². The predicted octanol–water partition coefficient (Wildman–Crippen LogP) is 2.68. The number of halogens is 1. The minimum absolute atomic E-state index is 0.0363. The third kappa shape index (κ3) is 3.36. The summed E-state index contributed by atoms with van der Waals surface area (Å²) in [4.78, 5) is 15.0. The molecule has 0 saturated heterocycles. The van der Waals surface area contributed by atoms with E-state index in [4.69, 9.17) is 0 Å². The molecule has 66 valence electrons. The number of ketones is 1. The molecule has 0 saturated carbocycles. The van der Waals surface area contributed by atoms with E-state index in [0.29, 0.717) is 11.4 Å². The Morgan fingerprint density at radius 2 is 2.38 bits per heavy atom. The van der Waals surface area contributed by atoms with Crippen molar-refractivity contribution < 1.29 is 4.79 Å². The summed E-state index contributed by atoms with van der Waals surface area (Å²) < 4.78 is 0. The van der Waals surface area contributed by atoms with Crippen molar-refractivity contribution in [3.63, 3.8) is 0 Å². The largest absolute Gasteiger partial charge is 0.293 e. The van der Waals surface area contributed by atoms with Crippen LogP contribution in [-0.2, 0) is 0 Å². The lowest BCUT2D eigenvalue weighted by molar-refractivity contribution is 0.101. The molecule has 0 aliphatic rings. The standard InChI is InChI=1S/C9H6INOS/c1-7(12)9-4-2-3-8(11-9)5-6-13-10/h2-4H,1H3. The highest BCUT2D eigenvalue weighted by molar-refractivity contribution is 14.2. The molecular formula is C9H6INOS. The highest BCUT2D eigenvalue weighted by Gasteiger charge is 1.99. The fourth-order valence-corrected chi connectivity index (χ4v) is 1.25. The molecule has 1 aromatic rings. The molecule has 0 N–H and O–H groups in total. The van der Waals surface area contributed by atoms with Crippen molar-refractivity contribution in [3.8, 4) is 11.2 Å². The van der Waals surface area contributed by atoms with E-state index in [2.05, 4.69) is 37.4 Å². The van der Waals surface area contributed by atoms with Gasteiger partial charge in [0.15, 0.2) is 5.78 Å². The second kappa shape index (κ2) is 5.25. The molecule has 0 atom stereocenters. The average Bonchev–Trinajstić information content (AvgIpc) is 2.15. The van der Waals surface area contributed by atoms with Gasteiger partial charge in [-0.2, -0.15) is 0 Å². The zero-order valence-corrected chi connectivity index (χ0v) is 9.85. The minimum Gasteiger partial charge on any atom is -0.293 e. The first-order valence-electron chi connectivity index (χ1n) is 3.50. The van der Waals surface area contributed by atoms with E-state index in [0.717, 1.165) is 0 Å². The fraction of sp³-hybridized carbons (Fsp3) is 0.111. The summed E-state index contributed by atoms with van der Waals surface area (Å²) in [5.41, 5.74) is 1.10. The van der Waals surface area contributed by atoms with E-state index >= 15 is 0 Å². The number of hydrogen-bond donors (Lipinski definition) is 0. The van der Waals surface area contributed by atoms with E-state index in [-0.39, 0.29) is 5.78 Å². The summed E-state index contributed by atoms with van der Waals surface area (Å²) in [6.07, 6.45) is 0. The third-order valence-electron chi connectivity index (χ3n) is 1.33. The van der Waals surface area contributed by atoms with Crippen molar-refractivity contribution in [3.05, 3.63) is 29.6 Å². The molecule has 13 heavy (non-hydrogen) atoms. The molecule has 1 rings (SSSR count). The molecule has 1 aromatic heterocycles. The fourth-order valence-electron chi connectivity index (χ4n) is 0.772. The van der Waals surface area contributed by atoms with Crippen LogP contribution in [0.3, 0.4) is 0 Å². The van der Waals surface area contributed by atoms with Gasteiger partial charge in [0, 0.05) is 28.1 Å². The predicted molar refractivity (Wildman–Crippen MR) is 62.7 cm³/mol. The van der Waals surface area contributed by atoms with Gasteiger partial charge in [-0.05, 0) is 32.2 Å². The van der Waals surface area contributed by atoms with Crippen LogP contribution >= 0.6 is 30.1 Å². The van der Waals surface area contributed by atoms with Crippen molar-refractivity contribution in [1.29, 1.82) is 0 Å². The number of hydrogen-bond acceptors (Lipinski definition) is 3. The van der Waals surface area contributed by atoms with Crippen LogP contribution in [0.25, 0.3) is 0 Å². The monoisotopic (exact) mass is 303 g/mol. The Balaban J connectivity index is 2.98. The van der Waals surface area contributed by atoms with Crippen LogP contribution in [0.1, 0.15) is 23.1 Å². The van der Waals surface area contributed by atoms with Crippen molar-refractivity contribution in [2.45, 2.75) is 6.92 Å². The van der Waals surface area contributed by atoms with Crippen LogP contribution in [0.2, 0.25) is 0 Å². The summed E-state index contributed by atoms with van der Waals surface area (Å²) in [6, 6.07) is 5.25. The Kier molecular flexibility index (Phi) is 4.25. The van der Waals surface area contributed by atoms with Crippen LogP contribution in [-0.4, -0.2) is 10.8 Å². The van der Waals surface area contributed by atoms with Crippen LogP contribution in [0.4, 0.5) is 0 Å². The molecule has 0 aliphatic carbocycles. The van der Waals surface area contributed by atoms with Gasteiger partial charge >= 0.3 is 0 Å². The molecule has 2 nitrogen and oxygen atoms in total. The highest BCUT2D eigenvalue weighted by Crippen LogP contribution is 2.07. The van der Waals surface area contributed by atoms with Crippen LogP contribution in [0.15, 0.2) is 18.2 Å².